The maximum absolute atomic E-state index is 13.5. The molecular formula is C66H80N14O8. The Balaban J connectivity index is 0.802. The van der Waals surface area contributed by atoms with Crippen molar-refractivity contribution in [2.24, 2.45) is 0 Å². The van der Waals surface area contributed by atoms with Crippen molar-refractivity contribution in [3.63, 3.8) is 0 Å². The number of nitrogens with one attached hydrogen (secondary N) is 6. The van der Waals surface area contributed by atoms with Crippen LogP contribution in [0.15, 0.2) is 109 Å². The summed E-state index contributed by atoms with van der Waals surface area (Å²) in [5, 5.41) is 5.75. The monoisotopic (exact) mass is 1200 g/mol. The van der Waals surface area contributed by atoms with E-state index in [1.54, 1.807) is 0 Å². The van der Waals surface area contributed by atoms with Crippen LogP contribution in [-0.2, 0) is 9.59 Å². The molecule has 0 saturated heterocycles. The van der Waals surface area contributed by atoms with Crippen molar-refractivity contribution in [3.8, 4) is 80.0 Å². The molecule has 0 aliphatic carbocycles. The molecule has 6 N–H and O–H groups in total. The molecule has 0 radical (unpaired) electrons. The molecule has 22 heteroatoms. The van der Waals surface area contributed by atoms with Gasteiger partial charge in [-0.1, -0.05) is 12.1 Å². The first-order chi connectivity index (χ1) is 42.7. The Hall–Kier alpha value is -9.22. The highest BCUT2D eigenvalue weighted by molar-refractivity contribution is 5.87. The molecule has 462 valence electrons. The van der Waals surface area contributed by atoms with Crippen molar-refractivity contribution in [3.05, 3.63) is 109 Å². The van der Waals surface area contributed by atoms with Crippen LogP contribution in [0, 0.1) is 0 Å². The molecule has 22 nitrogen and oxygen atoms in total. The average Bonchev–Trinajstić information content (AvgIpc) is 2.54. The molecule has 4 aromatic heterocycles. The van der Waals surface area contributed by atoms with E-state index in [1.807, 2.05) is 166 Å². The van der Waals surface area contributed by atoms with E-state index >= 15 is 0 Å². The van der Waals surface area contributed by atoms with Crippen LogP contribution >= 0.6 is 0 Å². The normalized spacial score (nSPS) is 11.7. The Morgan fingerprint density at radius 2 is 0.670 bits per heavy atom. The van der Waals surface area contributed by atoms with Crippen LogP contribution in [0.3, 0.4) is 0 Å². The largest absolute Gasteiger partial charge is 0.493 e. The summed E-state index contributed by atoms with van der Waals surface area (Å²) < 4.78 is 36.9. The number of carbonyl (C=O) groups is 2. The van der Waals surface area contributed by atoms with E-state index in [-0.39, 0.29) is 26.3 Å². The third kappa shape index (κ3) is 16.8. The van der Waals surface area contributed by atoms with Crippen molar-refractivity contribution in [2.75, 3.05) is 135 Å². The van der Waals surface area contributed by atoms with Gasteiger partial charge in [0, 0.05) is 74.7 Å². The quantitative estimate of drug-likeness (QED) is 0.0211. The number of ether oxygens (including phenoxy) is 6. The Bertz CT molecular complexity index is 3710. The van der Waals surface area contributed by atoms with Crippen molar-refractivity contribution in [1.82, 2.24) is 70.1 Å². The molecule has 0 aliphatic rings. The van der Waals surface area contributed by atoms with Gasteiger partial charge in [0.1, 0.15) is 57.8 Å². The van der Waals surface area contributed by atoms with E-state index in [0.29, 0.717) is 72.4 Å². The molecule has 0 spiro atoms. The van der Waals surface area contributed by atoms with Crippen molar-refractivity contribution in [2.45, 2.75) is 25.7 Å². The Morgan fingerprint density at radius 3 is 0.977 bits per heavy atom. The molecule has 0 saturated carbocycles. The highest BCUT2D eigenvalue weighted by atomic mass is 16.5. The zero-order valence-corrected chi connectivity index (χ0v) is 51.5. The predicted molar refractivity (Wildman–Crippen MR) is 345 cm³/mol. The summed E-state index contributed by atoms with van der Waals surface area (Å²) in [5.41, 5.74) is 9.01. The minimum absolute atomic E-state index is 0.125. The average molecular weight is 1200 g/mol. The fourth-order valence-electron chi connectivity index (χ4n) is 9.89. The Kier molecular flexibility index (Phi) is 20.7. The van der Waals surface area contributed by atoms with Gasteiger partial charge in [0.2, 0.25) is 0 Å². The van der Waals surface area contributed by atoms with Gasteiger partial charge < -0.3 is 78.6 Å². The number of H-pyrrole nitrogens is 4. The number of hydrogen-bond donors (Lipinski definition) is 6. The van der Waals surface area contributed by atoms with E-state index < -0.39 is 11.8 Å². The standard InChI is InChI=1S/C66H80N14O8/c1-77(2)27-9-31-83-45-15-21-51-55(37-45)73-63(69-51)43-13-19-49(65-71-53-23-17-47(39-57(53)75-65)85-33-11-29-79(5)6)59(35-43)87-41-61(81)67-25-26-68-62(82)42-88-60-36-44(64-70-52-22-16-46(38-56(52)74-64)84-32-10-28-78(3)4)14-20-50(60)66-72-54-24-18-48(40-58(54)76-66)86-34-12-30-80(7)8/h13-24,35-40H,9-12,25-34,41-42H2,1-8H3,(H,67,81)(H,68,82)(H,69,73)(H,70,74)(H,71,75)(H,72,76). The number of benzene rings is 6. The summed E-state index contributed by atoms with van der Waals surface area (Å²) in [6, 6.07) is 34.5. The molecule has 6 aromatic carbocycles. The molecule has 10 rings (SSSR count). The summed E-state index contributed by atoms with van der Waals surface area (Å²) in [5.74, 6) is 5.33. The van der Waals surface area contributed by atoms with Crippen LogP contribution in [0.4, 0.5) is 0 Å². The van der Waals surface area contributed by atoms with Crippen molar-refractivity contribution in [1.29, 1.82) is 0 Å². The van der Waals surface area contributed by atoms with E-state index in [4.69, 9.17) is 48.4 Å². The van der Waals surface area contributed by atoms with E-state index in [0.717, 1.165) is 130 Å². The minimum Gasteiger partial charge on any atom is -0.493 e. The number of aromatic nitrogens is 8. The molecule has 0 aliphatic heterocycles. The molecular weight excluding hydrogens is 1120 g/mol. The fraction of sp³-hybridized carbons (Fsp3) is 0.364. The van der Waals surface area contributed by atoms with E-state index in [2.05, 4.69) is 50.2 Å². The zero-order valence-electron chi connectivity index (χ0n) is 51.5. The lowest BCUT2D eigenvalue weighted by Gasteiger charge is -2.13. The lowest BCUT2D eigenvalue weighted by Crippen LogP contribution is -2.38. The molecule has 10 aromatic rings. The number of rotatable bonds is 33. The lowest BCUT2D eigenvalue weighted by molar-refractivity contribution is -0.124. The van der Waals surface area contributed by atoms with Gasteiger partial charge in [0.25, 0.3) is 11.8 Å². The molecule has 0 atom stereocenters. The van der Waals surface area contributed by atoms with E-state index in [1.165, 1.54) is 0 Å². The fourth-order valence-corrected chi connectivity index (χ4v) is 9.89. The number of amides is 2. The highest BCUT2D eigenvalue weighted by Gasteiger charge is 2.20. The van der Waals surface area contributed by atoms with Gasteiger partial charge in [0.05, 0.1) is 81.7 Å². The van der Waals surface area contributed by atoms with Crippen LogP contribution < -0.4 is 39.1 Å². The smallest absolute Gasteiger partial charge is 0.258 e. The Morgan fingerprint density at radius 1 is 0.375 bits per heavy atom. The van der Waals surface area contributed by atoms with Crippen molar-refractivity contribution >= 4 is 55.9 Å². The first-order valence-electron chi connectivity index (χ1n) is 29.8. The van der Waals surface area contributed by atoms with Gasteiger partial charge in [-0.3, -0.25) is 9.59 Å². The molecule has 0 bridgehead atoms. The van der Waals surface area contributed by atoms with Crippen LogP contribution in [0.25, 0.3) is 89.7 Å². The van der Waals surface area contributed by atoms with Gasteiger partial charge in [0.15, 0.2) is 13.2 Å². The summed E-state index contributed by atoms with van der Waals surface area (Å²) in [6.45, 7) is 5.66. The SMILES string of the molecule is CN(C)CCCOc1ccc2nc(-c3ccc(-c4nc5ccc(OCCCN(C)C)cc5[nH]4)c(OCC(=O)NCCNC(=O)COc4cc(-c5nc6ccc(OCCCN(C)C)cc6[nH]5)ccc4-c4nc5ccc(OCCCN(C)C)cc5[nH]4)c3)[nH]c2c1. The lowest BCUT2D eigenvalue weighted by atomic mass is 10.1. The number of imidazole rings is 4. The summed E-state index contributed by atoms with van der Waals surface area (Å²) >= 11 is 0. The van der Waals surface area contributed by atoms with Crippen LogP contribution in [0.2, 0.25) is 0 Å². The van der Waals surface area contributed by atoms with Gasteiger partial charge in [-0.05, 0) is 155 Å². The summed E-state index contributed by atoms with van der Waals surface area (Å²) in [7, 11) is 16.3. The third-order valence-corrected chi connectivity index (χ3v) is 14.4. The van der Waals surface area contributed by atoms with Gasteiger partial charge in [-0.2, -0.15) is 0 Å². The predicted octanol–water partition coefficient (Wildman–Crippen LogP) is 8.87. The maximum Gasteiger partial charge on any atom is 0.258 e. The molecule has 4 heterocycles. The van der Waals surface area contributed by atoms with E-state index in [9.17, 15) is 9.59 Å². The number of hydrogen-bond acceptors (Lipinski definition) is 16. The van der Waals surface area contributed by atoms with Crippen LogP contribution in [0.1, 0.15) is 25.7 Å². The third-order valence-electron chi connectivity index (χ3n) is 14.4. The van der Waals surface area contributed by atoms with Gasteiger partial charge in [-0.15, -0.1) is 0 Å². The maximum atomic E-state index is 13.5. The summed E-state index contributed by atoms with van der Waals surface area (Å²) in [6.07, 6.45) is 3.59. The van der Waals surface area contributed by atoms with Gasteiger partial charge >= 0.3 is 0 Å². The number of aromatic amines is 4. The highest BCUT2D eigenvalue weighted by Crippen LogP contribution is 2.37. The zero-order chi connectivity index (χ0) is 61.5. The van der Waals surface area contributed by atoms with Crippen molar-refractivity contribution < 1.29 is 38.0 Å². The Labute approximate surface area is 512 Å². The molecule has 2 amide bonds. The minimum atomic E-state index is -0.394. The second kappa shape index (κ2) is 29.4. The second-order valence-electron chi connectivity index (χ2n) is 22.8. The number of carbonyl (C=O) groups excluding carboxylic acids is 2. The number of fused-ring (bicyclic) bond motifs is 4. The van der Waals surface area contributed by atoms with Crippen LogP contribution in [0.5, 0.6) is 34.5 Å². The molecule has 0 unspecified atom stereocenters. The van der Waals surface area contributed by atoms with Gasteiger partial charge in [-0.25, -0.2) is 19.9 Å². The summed E-state index contributed by atoms with van der Waals surface area (Å²) in [4.78, 5) is 68.9. The first-order valence-corrected chi connectivity index (χ1v) is 29.8. The number of nitrogens with zero attached hydrogens (tertiary/aromatic N) is 8. The molecule has 88 heavy (non-hydrogen) atoms. The first kappa shape index (κ1) is 61.9. The topological polar surface area (TPSA) is 241 Å². The van der Waals surface area contributed by atoms with Crippen LogP contribution in [-0.4, -0.2) is 207 Å². The molecule has 0 fully saturated rings. The second-order valence-corrected chi connectivity index (χ2v) is 22.8.